The monoisotopic (exact) mass is 474 g/mol. The molecule has 0 spiro atoms. The topological polar surface area (TPSA) is 37.2 Å². The molecule has 0 aliphatic heterocycles. The molecule has 0 amide bonds. The largest absolute Gasteiger partial charge is 0.390 e. The van der Waals surface area contributed by atoms with Crippen molar-refractivity contribution in [2.75, 3.05) is 6.54 Å². The second kappa shape index (κ2) is 10.3. The van der Waals surface area contributed by atoms with Crippen molar-refractivity contribution in [1.29, 1.82) is 0 Å². The summed E-state index contributed by atoms with van der Waals surface area (Å²) < 4.78 is 2.38. The third-order valence-corrected chi connectivity index (χ3v) is 7.70. The first-order chi connectivity index (χ1) is 17.8. The number of nitrogens with one attached hydrogen (secondary N) is 1. The smallest absolute Gasteiger partial charge is 0.0843 e. The van der Waals surface area contributed by atoms with Crippen LogP contribution in [0.1, 0.15) is 32.1 Å². The van der Waals surface area contributed by atoms with Crippen molar-refractivity contribution < 1.29 is 5.11 Å². The van der Waals surface area contributed by atoms with Gasteiger partial charge >= 0.3 is 0 Å². The molecule has 5 aromatic rings. The summed E-state index contributed by atoms with van der Waals surface area (Å²) in [6.07, 6.45) is 5.88. The number of nitrogens with zero attached hydrogens (tertiary/aromatic N) is 1. The molecule has 3 nitrogen and oxygen atoms in total. The Bertz CT molecular complexity index is 1450. The van der Waals surface area contributed by atoms with Crippen molar-refractivity contribution in [1.82, 2.24) is 9.88 Å². The summed E-state index contributed by atoms with van der Waals surface area (Å²) in [4.78, 5) is 0. The van der Waals surface area contributed by atoms with Crippen LogP contribution in [0, 0.1) is 0 Å². The SMILES string of the molecule is O[C@H](CNC1CCCCC1)Cn1c(-c2ccccc2)c(-c2ccccc2)c2ccc3ccccc3c21. The molecule has 182 valence electrons. The number of fused-ring (bicyclic) bond motifs is 3. The summed E-state index contributed by atoms with van der Waals surface area (Å²) in [6, 6.07) is 34.9. The van der Waals surface area contributed by atoms with Crippen molar-refractivity contribution in [2.24, 2.45) is 0 Å². The number of aromatic nitrogens is 1. The highest BCUT2D eigenvalue weighted by molar-refractivity contribution is 6.15. The van der Waals surface area contributed by atoms with E-state index in [-0.39, 0.29) is 0 Å². The van der Waals surface area contributed by atoms with Crippen LogP contribution in [0.25, 0.3) is 44.1 Å². The van der Waals surface area contributed by atoms with E-state index in [9.17, 15) is 5.11 Å². The third-order valence-electron chi connectivity index (χ3n) is 7.70. The predicted octanol–water partition coefficient (Wildman–Crippen LogP) is 7.41. The maximum absolute atomic E-state index is 11.3. The van der Waals surface area contributed by atoms with Gasteiger partial charge in [0.05, 0.1) is 23.9 Å². The zero-order chi connectivity index (χ0) is 24.3. The van der Waals surface area contributed by atoms with Crippen LogP contribution < -0.4 is 5.32 Å². The van der Waals surface area contributed by atoms with Gasteiger partial charge in [0.2, 0.25) is 0 Å². The Labute approximate surface area is 213 Å². The molecule has 0 saturated heterocycles. The number of rotatable bonds is 7. The molecule has 1 fully saturated rings. The fourth-order valence-corrected chi connectivity index (χ4v) is 5.98. The fraction of sp³-hybridized carbons (Fsp3) is 0.273. The standard InChI is InChI=1S/C33H34N2O/c36-28(22-34-27-17-8-3-9-18-27)23-35-32(26-15-6-2-7-16-26)31(25-13-4-1-5-14-25)30-21-20-24-12-10-11-19-29(24)33(30)35/h1-2,4-7,10-16,19-21,27-28,34,36H,3,8-9,17-18,22-23H2/t28-/m1/s1. The Morgan fingerprint density at radius 1 is 0.722 bits per heavy atom. The maximum Gasteiger partial charge on any atom is 0.0843 e. The van der Waals surface area contributed by atoms with Crippen molar-refractivity contribution in [3.63, 3.8) is 0 Å². The Kier molecular flexibility index (Phi) is 6.59. The highest BCUT2D eigenvalue weighted by atomic mass is 16.3. The van der Waals surface area contributed by atoms with E-state index in [1.165, 1.54) is 76.2 Å². The molecule has 1 aromatic heterocycles. The van der Waals surface area contributed by atoms with E-state index in [4.69, 9.17) is 0 Å². The molecule has 0 bridgehead atoms. The van der Waals surface area contributed by atoms with E-state index in [2.05, 4.69) is 107 Å². The summed E-state index contributed by atoms with van der Waals surface area (Å²) in [6.45, 7) is 1.16. The number of benzene rings is 4. The van der Waals surface area contributed by atoms with E-state index in [0.29, 0.717) is 19.1 Å². The normalized spacial score (nSPS) is 15.5. The number of hydrogen-bond donors (Lipinski definition) is 2. The molecule has 1 aliphatic carbocycles. The average molecular weight is 475 g/mol. The van der Waals surface area contributed by atoms with Crippen LogP contribution in [0.3, 0.4) is 0 Å². The van der Waals surface area contributed by atoms with E-state index < -0.39 is 6.10 Å². The van der Waals surface area contributed by atoms with Gasteiger partial charge in [-0.05, 0) is 29.4 Å². The lowest BCUT2D eigenvalue weighted by Crippen LogP contribution is -2.38. The summed E-state index contributed by atoms with van der Waals surface area (Å²) in [7, 11) is 0. The lowest BCUT2D eigenvalue weighted by atomic mass is 9.95. The number of hydrogen-bond acceptors (Lipinski definition) is 2. The molecule has 2 N–H and O–H groups in total. The molecule has 0 unspecified atom stereocenters. The van der Waals surface area contributed by atoms with Crippen molar-refractivity contribution >= 4 is 21.7 Å². The van der Waals surface area contributed by atoms with Crippen LogP contribution >= 0.6 is 0 Å². The van der Waals surface area contributed by atoms with Crippen LogP contribution in [0.4, 0.5) is 0 Å². The summed E-state index contributed by atoms with van der Waals surface area (Å²) in [5.41, 5.74) is 5.97. The van der Waals surface area contributed by atoms with Gasteiger partial charge in [0.15, 0.2) is 0 Å². The number of aliphatic hydroxyl groups is 1. The van der Waals surface area contributed by atoms with Crippen LogP contribution in [-0.4, -0.2) is 28.4 Å². The van der Waals surface area contributed by atoms with Crippen LogP contribution in [0.15, 0.2) is 97.1 Å². The van der Waals surface area contributed by atoms with Crippen molar-refractivity contribution in [3.05, 3.63) is 97.1 Å². The first-order valence-corrected chi connectivity index (χ1v) is 13.4. The van der Waals surface area contributed by atoms with Crippen LogP contribution in [0.2, 0.25) is 0 Å². The predicted molar refractivity (Wildman–Crippen MR) is 151 cm³/mol. The maximum atomic E-state index is 11.3. The molecule has 1 heterocycles. The van der Waals surface area contributed by atoms with Crippen molar-refractivity contribution in [2.45, 2.75) is 50.8 Å². The Balaban J connectivity index is 1.53. The first-order valence-electron chi connectivity index (χ1n) is 13.4. The summed E-state index contributed by atoms with van der Waals surface area (Å²) in [5.74, 6) is 0. The summed E-state index contributed by atoms with van der Waals surface area (Å²) in [5, 5.41) is 18.7. The molecule has 1 atom stereocenters. The minimum atomic E-state index is -0.479. The van der Waals surface area contributed by atoms with E-state index >= 15 is 0 Å². The molecule has 36 heavy (non-hydrogen) atoms. The zero-order valence-electron chi connectivity index (χ0n) is 20.7. The summed E-state index contributed by atoms with van der Waals surface area (Å²) >= 11 is 0. The van der Waals surface area contributed by atoms with Gasteiger partial charge in [0, 0.05) is 28.9 Å². The van der Waals surface area contributed by atoms with Crippen LogP contribution in [0.5, 0.6) is 0 Å². The Hall–Kier alpha value is -3.40. The fourth-order valence-electron chi connectivity index (χ4n) is 5.98. The third kappa shape index (κ3) is 4.45. The minimum Gasteiger partial charge on any atom is -0.390 e. The zero-order valence-corrected chi connectivity index (χ0v) is 20.7. The molecular weight excluding hydrogens is 440 g/mol. The second-order valence-electron chi connectivity index (χ2n) is 10.1. The van der Waals surface area contributed by atoms with Crippen molar-refractivity contribution in [3.8, 4) is 22.4 Å². The Morgan fingerprint density at radius 2 is 1.39 bits per heavy atom. The molecular formula is C33H34N2O. The van der Waals surface area contributed by atoms with E-state index in [1.54, 1.807) is 0 Å². The molecule has 3 heteroatoms. The second-order valence-corrected chi connectivity index (χ2v) is 10.1. The lowest BCUT2D eigenvalue weighted by molar-refractivity contribution is 0.146. The van der Waals surface area contributed by atoms with Gasteiger partial charge in [-0.1, -0.05) is 116 Å². The van der Waals surface area contributed by atoms with Gasteiger partial charge in [-0.3, -0.25) is 0 Å². The Morgan fingerprint density at radius 3 is 2.14 bits per heavy atom. The van der Waals surface area contributed by atoms with Gasteiger partial charge in [-0.25, -0.2) is 0 Å². The minimum absolute atomic E-state index is 0.479. The molecule has 4 aromatic carbocycles. The number of aliphatic hydroxyl groups excluding tert-OH is 1. The van der Waals surface area contributed by atoms with E-state index in [1.807, 2.05) is 0 Å². The van der Waals surface area contributed by atoms with Gasteiger partial charge in [-0.15, -0.1) is 0 Å². The van der Waals surface area contributed by atoms with E-state index in [0.717, 1.165) is 0 Å². The lowest BCUT2D eigenvalue weighted by Gasteiger charge is -2.25. The highest BCUT2D eigenvalue weighted by Gasteiger charge is 2.23. The van der Waals surface area contributed by atoms with Gasteiger partial charge < -0.3 is 15.0 Å². The molecule has 0 radical (unpaired) electrons. The highest BCUT2D eigenvalue weighted by Crippen LogP contribution is 2.43. The quantitative estimate of drug-likeness (QED) is 0.258. The molecule has 1 aliphatic rings. The van der Waals surface area contributed by atoms with Crippen LogP contribution in [-0.2, 0) is 6.54 Å². The molecule has 6 rings (SSSR count). The first kappa shape index (κ1) is 23.0. The molecule has 1 saturated carbocycles. The van der Waals surface area contributed by atoms with Gasteiger partial charge in [0.1, 0.15) is 0 Å². The average Bonchev–Trinajstić information content (AvgIpc) is 3.27. The van der Waals surface area contributed by atoms with Gasteiger partial charge in [-0.2, -0.15) is 0 Å². The van der Waals surface area contributed by atoms with Gasteiger partial charge in [0.25, 0.3) is 0 Å².